The zero-order valence-electron chi connectivity index (χ0n) is 15.0. The number of carbonyl (C=O) groups is 1. The molecule has 0 bridgehead atoms. The topological polar surface area (TPSA) is 67.5 Å². The van der Waals surface area contributed by atoms with Crippen LogP contribution >= 0.6 is 0 Å². The van der Waals surface area contributed by atoms with E-state index in [-0.39, 0.29) is 5.91 Å². The van der Waals surface area contributed by atoms with Crippen molar-refractivity contribution in [3.63, 3.8) is 0 Å². The summed E-state index contributed by atoms with van der Waals surface area (Å²) >= 11 is 0. The molecule has 3 heterocycles. The highest BCUT2D eigenvalue weighted by molar-refractivity contribution is 5.95. The van der Waals surface area contributed by atoms with Crippen LogP contribution in [-0.4, -0.2) is 47.1 Å². The van der Waals surface area contributed by atoms with Gasteiger partial charge in [-0.2, -0.15) is 0 Å². The lowest BCUT2D eigenvalue weighted by Crippen LogP contribution is -2.38. The van der Waals surface area contributed by atoms with Crippen molar-refractivity contribution in [3.8, 4) is 11.5 Å². The lowest BCUT2D eigenvalue weighted by atomic mass is 9.95. The van der Waals surface area contributed by atoms with Crippen LogP contribution in [0.4, 0.5) is 0 Å². The van der Waals surface area contributed by atoms with Crippen molar-refractivity contribution < 1.29 is 14.3 Å². The van der Waals surface area contributed by atoms with Crippen molar-refractivity contribution in [2.75, 3.05) is 26.3 Å². The normalized spacial score (nSPS) is 17.3. The Kier molecular flexibility index (Phi) is 3.96. The summed E-state index contributed by atoms with van der Waals surface area (Å²) in [6.07, 6.45) is 1.83. The van der Waals surface area contributed by atoms with Crippen LogP contribution in [0, 0.1) is 0 Å². The summed E-state index contributed by atoms with van der Waals surface area (Å²) in [5.41, 5.74) is 2.73. The molecule has 6 nitrogen and oxygen atoms in total. The summed E-state index contributed by atoms with van der Waals surface area (Å²) < 4.78 is 11.1. The van der Waals surface area contributed by atoms with Crippen LogP contribution < -0.4 is 9.47 Å². The maximum absolute atomic E-state index is 12.9. The number of benzene rings is 2. The number of hydrogen-bond donors (Lipinski definition) is 1. The van der Waals surface area contributed by atoms with Gasteiger partial charge in [-0.3, -0.25) is 4.79 Å². The third-order valence-electron chi connectivity index (χ3n) is 5.37. The van der Waals surface area contributed by atoms with E-state index in [0.29, 0.717) is 36.2 Å². The van der Waals surface area contributed by atoms with Gasteiger partial charge < -0.3 is 19.4 Å². The molecular formula is C21H21N3O3. The first-order chi connectivity index (χ1) is 13.3. The van der Waals surface area contributed by atoms with Crippen molar-refractivity contribution in [2.45, 2.75) is 18.8 Å². The molecule has 0 spiro atoms. The monoisotopic (exact) mass is 363 g/mol. The lowest BCUT2D eigenvalue weighted by Gasteiger charge is -2.31. The van der Waals surface area contributed by atoms with Crippen molar-refractivity contribution in [1.29, 1.82) is 0 Å². The summed E-state index contributed by atoms with van der Waals surface area (Å²) in [6.45, 7) is 2.53. The van der Waals surface area contributed by atoms with E-state index >= 15 is 0 Å². The van der Waals surface area contributed by atoms with Crippen molar-refractivity contribution in [1.82, 2.24) is 14.9 Å². The number of nitrogens with one attached hydrogen (secondary N) is 1. The second kappa shape index (κ2) is 6.61. The van der Waals surface area contributed by atoms with Crippen molar-refractivity contribution in [2.24, 2.45) is 0 Å². The molecule has 2 aliphatic heterocycles. The van der Waals surface area contributed by atoms with Gasteiger partial charge in [-0.05, 0) is 43.2 Å². The van der Waals surface area contributed by atoms with Gasteiger partial charge in [0.05, 0.1) is 11.0 Å². The quantitative estimate of drug-likeness (QED) is 0.758. The van der Waals surface area contributed by atoms with Crippen LogP contribution in [-0.2, 0) is 0 Å². The number of ether oxygens (including phenoxy) is 2. The van der Waals surface area contributed by atoms with Crippen LogP contribution in [0.2, 0.25) is 0 Å². The molecule has 0 unspecified atom stereocenters. The smallest absolute Gasteiger partial charge is 0.253 e. The molecular weight excluding hydrogens is 342 g/mol. The molecule has 0 aliphatic carbocycles. The van der Waals surface area contributed by atoms with Gasteiger partial charge in [-0.25, -0.2) is 4.98 Å². The minimum atomic E-state index is 0.0510. The predicted molar refractivity (Wildman–Crippen MR) is 101 cm³/mol. The number of piperidine rings is 1. The Morgan fingerprint density at radius 1 is 1.04 bits per heavy atom. The molecule has 1 fully saturated rings. The number of aromatic amines is 1. The average Bonchev–Trinajstić information content (AvgIpc) is 3.17. The van der Waals surface area contributed by atoms with Crippen LogP contribution in [0.25, 0.3) is 11.0 Å². The molecule has 1 amide bonds. The van der Waals surface area contributed by atoms with E-state index in [1.807, 2.05) is 41.3 Å². The predicted octanol–water partition coefficient (Wildman–Crippen LogP) is 3.35. The number of likely N-dealkylation sites (tertiary alicyclic amines) is 1. The molecule has 0 atom stereocenters. The van der Waals surface area contributed by atoms with Gasteiger partial charge in [0.15, 0.2) is 11.5 Å². The average molecular weight is 363 g/mol. The molecule has 1 N–H and O–H groups in total. The maximum atomic E-state index is 12.9. The van der Waals surface area contributed by atoms with Crippen LogP contribution in [0.15, 0.2) is 42.5 Å². The number of rotatable bonds is 2. The third kappa shape index (κ3) is 3.01. The maximum Gasteiger partial charge on any atom is 0.253 e. The molecule has 3 aromatic rings. The first-order valence-electron chi connectivity index (χ1n) is 9.41. The fourth-order valence-corrected chi connectivity index (χ4v) is 3.88. The summed E-state index contributed by atoms with van der Waals surface area (Å²) in [4.78, 5) is 23.0. The molecule has 2 aromatic carbocycles. The molecule has 1 saturated heterocycles. The lowest BCUT2D eigenvalue weighted by molar-refractivity contribution is 0.0710. The summed E-state index contributed by atoms with van der Waals surface area (Å²) in [5, 5.41) is 0. The number of carbonyl (C=O) groups excluding carboxylic acids is 1. The van der Waals surface area contributed by atoms with Crippen molar-refractivity contribution in [3.05, 3.63) is 53.9 Å². The Bertz CT molecular complexity index is 956. The minimum Gasteiger partial charge on any atom is -0.486 e. The fourth-order valence-electron chi connectivity index (χ4n) is 3.88. The molecule has 5 rings (SSSR count). The number of aromatic nitrogens is 2. The largest absolute Gasteiger partial charge is 0.486 e. The Labute approximate surface area is 157 Å². The second-order valence-corrected chi connectivity index (χ2v) is 7.06. The fraction of sp³-hybridized carbons (Fsp3) is 0.333. The number of para-hydroxylation sites is 2. The Morgan fingerprint density at radius 2 is 1.81 bits per heavy atom. The number of hydrogen-bond acceptors (Lipinski definition) is 4. The van der Waals surface area contributed by atoms with Gasteiger partial charge in [-0.1, -0.05) is 12.1 Å². The molecule has 6 heteroatoms. The number of nitrogens with zero attached hydrogens (tertiary/aromatic N) is 2. The SMILES string of the molecule is O=C(c1ccc2c(c1)OCCO2)N1CCC(c2nc3ccccc3[nH]2)CC1. The van der Waals surface area contributed by atoms with Gasteiger partial charge in [0.2, 0.25) is 0 Å². The second-order valence-electron chi connectivity index (χ2n) is 7.06. The molecule has 27 heavy (non-hydrogen) atoms. The van der Waals surface area contributed by atoms with E-state index in [4.69, 9.17) is 14.5 Å². The number of fused-ring (bicyclic) bond motifs is 2. The molecule has 1 aromatic heterocycles. The first kappa shape index (κ1) is 16.2. The van der Waals surface area contributed by atoms with E-state index in [9.17, 15) is 4.79 Å². The zero-order chi connectivity index (χ0) is 18.2. The van der Waals surface area contributed by atoms with E-state index in [0.717, 1.165) is 42.8 Å². The highest BCUT2D eigenvalue weighted by Crippen LogP contribution is 2.32. The molecule has 2 aliphatic rings. The van der Waals surface area contributed by atoms with Gasteiger partial charge >= 0.3 is 0 Å². The standard InChI is InChI=1S/C21H21N3O3/c25-21(15-5-6-18-19(13-15)27-12-11-26-18)24-9-7-14(8-10-24)20-22-16-3-1-2-4-17(16)23-20/h1-6,13-14H,7-12H2,(H,22,23). The molecule has 0 radical (unpaired) electrons. The Hall–Kier alpha value is -3.02. The van der Waals surface area contributed by atoms with Gasteiger partial charge in [0, 0.05) is 24.6 Å². The van der Waals surface area contributed by atoms with E-state index in [2.05, 4.69) is 4.98 Å². The Morgan fingerprint density at radius 3 is 2.63 bits per heavy atom. The molecule has 0 saturated carbocycles. The summed E-state index contributed by atoms with van der Waals surface area (Å²) in [5.74, 6) is 2.81. The summed E-state index contributed by atoms with van der Waals surface area (Å²) in [7, 11) is 0. The van der Waals surface area contributed by atoms with Crippen molar-refractivity contribution >= 4 is 16.9 Å². The number of amides is 1. The van der Waals surface area contributed by atoms with E-state index in [1.165, 1.54) is 0 Å². The molecule has 138 valence electrons. The van der Waals surface area contributed by atoms with Crippen LogP contribution in [0.5, 0.6) is 11.5 Å². The first-order valence-corrected chi connectivity index (χ1v) is 9.41. The van der Waals surface area contributed by atoms with Gasteiger partial charge in [-0.15, -0.1) is 0 Å². The number of imidazole rings is 1. The van der Waals surface area contributed by atoms with Gasteiger partial charge in [0.25, 0.3) is 5.91 Å². The summed E-state index contributed by atoms with van der Waals surface area (Å²) in [6, 6.07) is 13.5. The Balaban J connectivity index is 1.28. The highest BCUT2D eigenvalue weighted by Gasteiger charge is 2.27. The highest BCUT2D eigenvalue weighted by atomic mass is 16.6. The van der Waals surface area contributed by atoms with E-state index < -0.39 is 0 Å². The van der Waals surface area contributed by atoms with Crippen LogP contribution in [0.3, 0.4) is 0 Å². The minimum absolute atomic E-state index is 0.0510. The van der Waals surface area contributed by atoms with E-state index in [1.54, 1.807) is 6.07 Å². The zero-order valence-corrected chi connectivity index (χ0v) is 15.0. The third-order valence-corrected chi connectivity index (χ3v) is 5.37. The van der Waals surface area contributed by atoms with Gasteiger partial charge in [0.1, 0.15) is 19.0 Å². The van der Waals surface area contributed by atoms with Crippen LogP contribution in [0.1, 0.15) is 34.9 Å². The number of H-pyrrole nitrogens is 1.